The van der Waals surface area contributed by atoms with E-state index >= 15 is 0 Å². The topological polar surface area (TPSA) is 131 Å². The Labute approximate surface area is 221 Å². The van der Waals surface area contributed by atoms with Gasteiger partial charge in [-0.2, -0.15) is 0 Å². The molecule has 3 aromatic rings. The Kier molecular flexibility index (Phi) is 6.67. The number of carbonyl (C=O) groups is 1. The first-order valence-corrected chi connectivity index (χ1v) is 13.2. The van der Waals surface area contributed by atoms with Gasteiger partial charge in [-0.25, -0.2) is 9.97 Å². The van der Waals surface area contributed by atoms with Crippen LogP contribution < -0.4 is 30.9 Å². The van der Waals surface area contributed by atoms with Crippen LogP contribution in [-0.4, -0.2) is 67.4 Å². The van der Waals surface area contributed by atoms with Gasteiger partial charge in [-0.05, 0) is 37.5 Å². The highest BCUT2D eigenvalue weighted by Gasteiger charge is 2.33. The number of amides is 1. The van der Waals surface area contributed by atoms with Crippen LogP contribution in [0.5, 0.6) is 5.75 Å². The number of piperazine rings is 1. The lowest BCUT2D eigenvalue weighted by Gasteiger charge is -2.46. The molecule has 4 N–H and O–H groups in total. The molecule has 1 amide bonds. The van der Waals surface area contributed by atoms with E-state index in [0.29, 0.717) is 43.6 Å². The number of nitrogens with zero attached hydrogens (tertiary/aromatic N) is 4. The molecule has 2 saturated heterocycles. The third kappa shape index (κ3) is 4.81. The number of fused-ring (bicyclic) bond motifs is 3. The number of nitrogens with two attached hydrogens (primary N) is 1. The van der Waals surface area contributed by atoms with Crippen molar-refractivity contribution in [3.05, 3.63) is 48.2 Å². The molecule has 6 rings (SSSR count). The fourth-order valence-electron chi connectivity index (χ4n) is 5.38. The molecule has 1 atom stereocenters. The van der Waals surface area contributed by atoms with Crippen LogP contribution >= 0.6 is 0 Å². The minimum atomic E-state index is -0.625. The van der Waals surface area contributed by atoms with Gasteiger partial charge in [-0.1, -0.05) is 6.92 Å². The lowest BCUT2D eigenvalue weighted by molar-refractivity contribution is 0.0903. The van der Waals surface area contributed by atoms with Crippen molar-refractivity contribution in [1.29, 1.82) is 0 Å². The number of aromatic nitrogens is 2. The van der Waals surface area contributed by atoms with Crippen LogP contribution in [0.2, 0.25) is 0 Å². The van der Waals surface area contributed by atoms with Crippen molar-refractivity contribution in [3.63, 3.8) is 0 Å². The summed E-state index contributed by atoms with van der Waals surface area (Å²) in [4.78, 5) is 26.4. The van der Waals surface area contributed by atoms with E-state index in [-0.39, 0.29) is 17.8 Å². The average Bonchev–Trinajstić information content (AvgIpc) is 3.48. The molecule has 2 aromatic heterocycles. The van der Waals surface area contributed by atoms with Crippen molar-refractivity contribution in [3.8, 4) is 5.75 Å². The summed E-state index contributed by atoms with van der Waals surface area (Å²) in [6.07, 6.45) is 5.90. The maximum atomic E-state index is 12.3. The van der Waals surface area contributed by atoms with E-state index in [1.165, 1.54) is 0 Å². The van der Waals surface area contributed by atoms with E-state index in [2.05, 4.69) is 31.5 Å². The molecule has 200 valence electrons. The molecule has 2 fully saturated rings. The highest BCUT2D eigenvalue weighted by Crippen LogP contribution is 2.38. The van der Waals surface area contributed by atoms with Gasteiger partial charge < -0.3 is 40.1 Å². The van der Waals surface area contributed by atoms with Gasteiger partial charge in [0, 0.05) is 50.6 Å². The van der Waals surface area contributed by atoms with Crippen molar-refractivity contribution < 1.29 is 18.7 Å². The summed E-state index contributed by atoms with van der Waals surface area (Å²) in [6.45, 7) is 6.65. The number of hydrogen-bond donors (Lipinski definition) is 3. The maximum Gasteiger partial charge on any atom is 0.271 e. The molecule has 1 unspecified atom stereocenters. The molecule has 0 radical (unpaired) electrons. The number of anilines is 5. The van der Waals surface area contributed by atoms with Gasteiger partial charge in [0.05, 0.1) is 29.4 Å². The smallest absolute Gasteiger partial charge is 0.271 e. The predicted octanol–water partition coefficient (Wildman–Crippen LogP) is 3.15. The summed E-state index contributed by atoms with van der Waals surface area (Å²) >= 11 is 0. The summed E-state index contributed by atoms with van der Waals surface area (Å²) in [6, 6.07) is 8.45. The van der Waals surface area contributed by atoms with Gasteiger partial charge >= 0.3 is 0 Å². The monoisotopic (exact) mass is 519 g/mol. The van der Waals surface area contributed by atoms with Crippen molar-refractivity contribution >= 4 is 34.6 Å². The van der Waals surface area contributed by atoms with Gasteiger partial charge in [-0.15, -0.1) is 0 Å². The Balaban J connectivity index is 1.23. The Morgan fingerprint density at radius 3 is 2.79 bits per heavy atom. The van der Waals surface area contributed by atoms with Crippen LogP contribution in [0.15, 0.2) is 41.2 Å². The second-order valence-corrected chi connectivity index (χ2v) is 9.86. The van der Waals surface area contributed by atoms with Crippen molar-refractivity contribution in [2.45, 2.75) is 38.3 Å². The van der Waals surface area contributed by atoms with Crippen molar-refractivity contribution in [2.24, 2.45) is 5.73 Å². The van der Waals surface area contributed by atoms with E-state index < -0.39 is 5.91 Å². The molecule has 11 nitrogen and oxygen atoms in total. The lowest BCUT2D eigenvalue weighted by atomic mass is 10.1. The highest BCUT2D eigenvalue weighted by atomic mass is 16.5. The summed E-state index contributed by atoms with van der Waals surface area (Å²) in [5, 5.41) is 6.77. The largest absolute Gasteiger partial charge is 0.489 e. The molecule has 0 saturated carbocycles. The number of furan rings is 1. The van der Waals surface area contributed by atoms with Gasteiger partial charge in [-0.3, -0.25) is 4.79 Å². The van der Waals surface area contributed by atoms with Crippen molar-refractivity contribution in [2.75, 3.05) is 59.9 Å². The number of rotatable bonds is 7. The minimum absolute atomic E-state index is 0.119. The van der Waals surface area contributed by atoms with Gasteiger partial charge in [0.1, 0.15) is 18.6 Å². The number of carbonyl (C=O) groups excluding carboxylic acids is 1. The molecule has 0 aliphatic carbocycles. The Morgan fingerprint density at radius 2 is 2.03 bits per heavy atom. The Hall–Kier alpha value is -3.99. The second kappa shape index (κ2) is 10.4. The zero-order valence-corrected chi connectivity index (χ0v) is 21.5. The standard InChI is InChI=1S/C27H33N7O4/c1-2-21-26(29-17-5-10-36-11-6-17)32-27(24(31-21)25(28)35)30-18-3-4-22-23(13-18)38-16-20-14-33(8-9-34(20)22)19-7-12-37-15-19/h3-4,7,12-13,15,17,20H,2,5-6,8-11,14,16H2,1H3,(H2,28,35)(H2,29,30,32). The van der Waals surface area contributed by atoms with Crippen LogP contribution in [0, 0.1) is 0 Å². The number of hydrogen-bond acceptors (Lipinski definition) is 10. The maximum absolute atomic E-state index is 12.3. The molecule has 0 bridgehead atoms. The molecule has 5 heterocycles. The second-order valence-electron chi connectivity index (χ2n) is 9.86. The van der Waals surface area contributed by atoms with Crippen LogP contribution in [0.25, 0.3) is 0 Å². The quantitative estimate of drug-likeness (QED) is 0.428. The normalized spacial score (nSPS) is 19.3. The first kappa shape index (κ1) is 24.4. The van der Waals surface area contributed by atoms with E-state index in [1.54, 1.807) is 12.5 Å². The van der Waals surface area contributed by atoms with E-state index in [1.807, 2.05) is 25.1 Å². The molecular formula is C27H33N7O4. The van der Waals surface area contributed by atoms with E-state index in [4.69, 9.17) is 24.6 Å². The minimum Gasteiger partial charge on any atom is -0.489 e. The molecule has 3 aliphatic rings. The number of benzene rings is 1. The highest BCUT2D eigenvalue weighted by molar-refractivity contribution is 5.96. The first-order chi connectivity index (χ1) is 18.6. The molecule has 38 heavy (non-hydrogen) atoms. The van der Waals surface area contributed by atoms with E-state index in [9.17, 15) is 4.79 Å². The molecule has 1 aromatic carbocycles. The fourth-order valence-corrected chi connectivity index (χ4v) is 5.38. The van der Waals surface area contributed by atoms with Crippen molar-refractivity contribution in [1.82, 2.24) is 9.97 Å². The SMILES string of the molecule is CCc1nc(C(N)=O)c(Nc2ccc3c(c2)OCC2CN(c4ccoc4)CCN32)nc1NC1CCOCC1. The number of nitrogens with one attached hydrogen (secondary N) is 2. The summed E-state index contributed by atoms with van der Waals surface area (Å²) in [5.74, 6) is 1.16. The Bertz CT molecular complexity index is 1290. The zero-order valence-electron chi connectivity index (χ0n) is 21.5. The summed E-state index contributed by atoms with van der Waals surface area (Å²) < 4.78 is 16.9. The number of aryl methyl sites for hydroxylation is 1. The first-order valence-electron chi connectivity index (χ1n) is 13.2. The van der Waals surface area contributed by atoms with Crippen LogP contribution in [-0.2, 0) is 11.2 Å². The summed E-state index contributed by atoms with van der Waals surface area (Å²) in [7, 11) is 0. The van der Waals surface area contributed by atoms with Gasteiger partial charge in [0.2, 0.25) is 0 Å². The third-order valence-corrected chi connectivity index (χ3v) is 7.42. The fraction of sp³-hybridized carbons (Fsp3) is 0.444. The predicted molar refractivity (Wildman–Crippen MR) is 145 cm³/mol. The lowest BCUT2D eigenvalue weighted by Crippen LogP contribution is -2.57. The van der Waals surface area contributed by atoms with Gasteiger partial charge in [0.15, 0.2) is 17.3 Å². The molecule has 11 heteroatoms. The summed E-state index contributed by atoms with van der Waals surface area (Å²) in [5.41, 5.74) is 9.43. The number of ether oxygens (including phenoxy) is 2. The van der Waals surface area contributed by atoms with E-state index in [0.717, 1.165) is 55.3 Å². The zero-order chi connectivity index (χ0) is 26.1. The number of primary amides is 1. The molecule has 3 aliphatic heterocycles. The molecular weight excluding hydrogens is 486 g/mol. The third-order valence-electron chi connectivity index (χ3n) is 7.42. The van der Waals surface area contributed by atoms with Crippen LogP contribution in [0.3, 0.4) is 0 Å². The Morgan fingerprint density at radius 1 is 1.16 bits per heavy atom. The van der Waals surface area contributed by atoms with Crippen LogP contribution in [0.4, 0.5) is 28.7 Å². The van der Waals surface area contributed by atoms with Crippen LogP contribution in [0.1, 0.15) is 35.9 Å². The van der Waals surface area contributed by atoms with Gasteiger partial charge in [0.25, 0.3) is 5.91 Å². The molecule has 0 spiro atoms. The average molecular weight is 520 g/mol.